The maximum Gasteiger partial charge on any atom is 0.433 e. The van der Waals surface area contributed by atoms with Crippen molar-refractivity contribution in [1.29, 1.82) is 5.41 Å². The Bertz CT molecular complexity index is 1640. The van der Waals surface area contributed by atoms with Gasteiger partial charge >= 0.3 is 6.18 Å². The summed E-state index contributed by atoms with van der Waals surface area (Å²) in [4.78, 5) is 17.2. The van der Waals surface area contributed by atoms with E-state index in [1.807, 2.05) is 0 Å². The number of benzene rings is 2. The molecule has 0 bridgehead atoms. The summed E-state index contributed by atoms with van der Waals surface area (Å²) in [6.07, 6.45) is -0.0655. The van der Waals surface area contributed by atoms with Crippen LogP contribution in [0, 0.1) is 31.0 Å². The molecule has 5 rings (SSSR count). The van der Waals surface area contributed by atoms with Gasteiger partial charge in [-0.15, -0.1) is 0 Å². The normalized spacial score (nSPS) is 14.2. The van der Waals surface area contributed by atoms with Crippen molar-refractivity contribution in [2.24, 2.45) is 5.92 Å². The minimum atomic E-state index is -4.69. The number of halogens is 4. The first-order chi connectivity index (χ1) is 19.0. The van der Waals surface area contributed by atoms with Crippen molar-refractivity contribution in [3.63, 3.8) is 0 Å². The Kier molecular flexibility index (Phi) is 7.31. The van der Waals surface area contributed by atoms with E-state index in [9.17, 15) is 22.4 Å². The van der Waals surface area contributed by atoms with Crippen LogP contribution >= 0.6 is 0 Å². The van der Waals surface area contributed by atoms with Gasteiger partial charge in [-0.25, -0.2) is 4.39 Å². The first kappa shape index (κ1) is 27.3. The van der Waals surface area contributed by atoms with Crippen LogP contribution in [-0.4, -0.2) is 15.5 Å². The van der Waals surface area contributed by atoms with Crippen molar-refractivity contribution < 1.29 is 22.4 Å². The third-order valence-electron chi connectivity index (χ3n) is 7.19. The van der Waals surface area contributed by atoms with E-state index in [1.54, 1.807) is 61.0 Å². The van der Waals surface area contributed by atoms with E-state index >= 15 is 0 Å². The van der Waals surface area contributed by atoms with E-state index in [0.717, 1.165) is 30.2 Å². The zero-order chi connectivity index (χ0) is 28.6. The molecule has 0 spiro atoms. The second kappa shape index (κ2) is 10.7. The lowest BCUT2D eigenvalue weighted by molar-refractivity contribution is -0.140. The number of amides is 1. The third kappa shape index (κ3) is 5.83. The molecule has 2 aromatic heterocycles. The van der Waals surface area contributed by atoms with Crippen LogP contribution in [0.15, 0.2) is 73.1 Å². The molecule has 1 aliphatic carbocycles. The lowest BCUT2D eigenvalue weighted by atomic mass is 9.96. The van der Waals surface area contributed by atoms with Gasteiger partial charge in [0.2, 0.25) is 0 Å². The highest BCUT2D eigenvalue weighted by molar-refractivity contribution is 5.96. The molecule has 1 saturated carbocycles. The van der Waals surface area contributed by atoms with Crippen LogP contribution in [0.2, 0.25) is 0 Å². The van der Waals surface area contributed by atoms with E-state index < -0.39 is 17.8 Å². The SMILES string of the molecule is Cc1cc(C(NC(=O)c2cc(Cn3cccc(C)c3=N)cc(-c3cccnc3C(F)(F)F)c2)C2CC2)ccc1F. The first-order valence-corrected chi connectivity index (χ1v) is 13.0. The quantitative estimate of drug-likeness (QED) is 0.251. The molecule has 206 valence electrons. The fourth-order valence-electron chi connectivity index (χ4n) is 4.92. The summed E-state index contributed by atoms with van der Waals surface area (Å²) in [5.41, 5.74) is 2.02. The van der Waals surface area contributed by atoms with Crippen LogP contribution in [0.25, 0.3) is 11.1 Å². The number of pyridine rings is 2. The van der Waals surface area contributed by atoms with Gasteiger partial charge in [-0.3, -0.25) is 15.2 Å². The van der Waals surface area contributed by atoms with Crippen molar-refractivity contribution in [1.82, 2.24) is 14.9 Å². The molecule has 2 N–H and O–H groups in total. The van der Waals surface area contributed by atoms with Gasteiger partial charge in [0.1, 0.15) is 11.3 Å². The molecular weight excluding hydrogens is 520 g/mol. The van der Waals surface area contributed by atoms with Gasteiger partial charge in [-0.2, -0.15) is 13.2 Å². The number of nitrogens with one attached hydrogen (secondary N) is 2. The van der Waals surface area contributed by atoms with E-state index in [4.69, 9.17) is 5.41 Å². The van der Waals surface area contributed by atoms with Gasteiger partial charge in [0.25, 0.3) is 5.91 Å². The standard InChI is InChI=1S/C31H28F4N4O/c1-18-5-4-12-39(29(18)36)17-20-14-23(25-6-3-11-37-28(25)31(33,34)35)16-24(15-20)30(40)38-27(21-7-8-21)22-9-10-26(32)19(2)13-22/h3-6,9-16,21,27,36H,7-8,17H2,1-2H3,(H,38,40). The number of alkyl halides is 3. The van der Waals surface area contributed by atoms with Crippen molar-refractivity contribution in [3.05, 3.63) is 118 Å². The first-order valence-electron chi connectivity index (χ1n) is 13.0. The third-order valence-corrected chi connectivity index (χ3v) is 7.19. The second-order valence-electron chi connectivity index (χ2n) is 10.3. The summed E-state index contributed by atoms with van der Waals surface area (Å²) in [6.45, 7) is 3.64. The lowest BCUT2D eigenvalue weighted by Crippen LogP contribution is -2.30. The molecule has 4 aromatic rings. The summed E-state index contributed by atoms with van der Waals surface area (Å²) in [5, 5.41) is 11.4. The number of nitrogens with zero attached hydrogens (tertiary/aromatic N) is 2. The predicted molar refractivity (Wildman–Crippen MR) is 143 cm³/mol. The highest BCUT2D eigenvalue weighted by Crippen LogP contribution is 2.42. The number of hydrogen-bond donors (Lipinski definition) is 2. The molecule has 5 nitrogen and oxygen atoms in total. The number of aryl methyl sites for hydroxylation is 2. The molecule has 1 fully saturated rings. The number of carbonyl (C=O) groups excluding carboxylic acids is 1. The van der Waals surface area contributed by atoms with Crippen LogP contribution in [0.4, 0.5) is 17.6 Å². The molecule has 1 amide bonds. The highest BCUT2D eigenvalue weighted by atomic mass is 19.4. The Morgan fingerprint density at radius 2 is 1.85 bits per heavy atom. The van der Waals surface area contributed by atoms with Gasteiger partial charge in [0.05, 0.1) is 6.04 Å². The summed E-state index contributed by atoms with van der Waals surface area (Å²) in [5.74, 6) is -0.582. The topological polar surface area (TPSA) is 70.8 Å². The number of hydrogen-bond acceptors (Lipinski definition) is 3. The van der Waals surface area contributed by atoms with E-state index in [2.05, 4.69) is 10.3 Å². The highest BCUT2D eigenvalue weighted by Gasteiger charge is 2.36. The number of aromatic nitrogens is 2. The monoisotopic (exact) mass is 548 g/mol. The lowest BCUT2D eigenvalue weighted by Gasteiger charge is -2.21. The van der Waals surface area contributed by atoms with Crippen LogP contribution in [-0.2, 0) is 12.7 Å². The molecule has 1 aliphatic rings. The Morgan fingerprint density at radius 1 is 1.07 bits per heavy atom. The maximum atomic E-state index is 13.9. The fourth-order valence-corrected chi connectivity index (χ4v) is 4.92. The number of carbonyl (C=O) groups is 1. The van der Waals surface area contributed by atoms with Crippen molar-refractivity contribution in [2.45, 2.75) is 45.5 Å². The van der Waals surface area contributed by atoms with E-state index in [1.165, 1.54) is 24.3 Å². The van der Waals surface area contributed by atoms with Crippen LogP contribution in [0.1, 0.15) is 57.2 Å². The van der Waals surface area contributed by atoms with Gasteiger partial charge < -0.3 is 9.88 Å². The van der Waals surface area contributed by atoms with Gasteiger partial charge in [0, 0.05) is 30.1 Å². The molecule has 1 unspecified atom stereocenters. The average Bonchev–Trinajstić information content (AvgIpc) is 3.76. The molecule has 0 saturated heterocycles. The van der Waals surface area contributed by atoms with Crippen LogP contribution < -0.4 is 10.8 Å². The molecular formula is C31H28F4N4O. The maximum absolute atomic E-state index is 13.9. The Labute approximate surface area is 229 Å². The van der Waals surface area contributed by atoms with Crippen LogP contribution in [0.5, 0.6) is 0 Å². The Hall–Kier alpha value is -4.27. The van der Waals surface area contributed by atoms with Crippen molar-refractivity contribution in [3.8, 4) is 11.1 Å². The van der Waals surface area contributed by atoms with Gasteiger partial charge in [-0.1, -0.05) is 24.3 Å². The molecule has 0 aliphatic heterocycles. The summed E-state index contributed by atoms with van der Waals surface area (Å²) < 4.78 is 57.2. The molecule has 40 heavy (non-hydrogen) atoms. The zero-order valence-electron chi connectivity index (χ0n) is 22.0. The Morgan fingerprint density at radius 3 is 2.55 bits per heavy atom. The molecule has 1 atom stereocenters. The Balaban J connectivity index is 1.57. The average molecular weight is 549 g/mol. The van der Waals surface area contributed by atoms with Crippen LogP contribution in [0.3, 0.4) is 0 Å². The second-order valence-corrected chi connectivity index (χ2v) is 10.3. The zero-order valence-corrected chi connectivity index (χ0v) is 22.0. The molecule has 2 aromatic carbocycles. The molecule has 9 heteroatoms. The van der Waals surface area contributed by atoms with Crippen molar-refractivity contribution in [2.75, 3.05) is 0 Å². The van der Waals surface area contributed by atoms with Gasteiger partial charge in [-0.05, 0) is 96.8 Å². The van der Waals surface area contributed by atoms with Gasteiger partial charge in [0.15, 0.2) is 5.69 Å². The smallest absolute Gasteiger partial charge is 0.345 e. The largest absolute Gasteiger partial charge is 0.433 e. The minimum Gasteiger partial charge on any atom is -0.345 e. The van der Waals surface area contributed by atoms with E-state index in [0.29, 0.717) is 11.1 Å². The molecule has 0 radical (unpaired) electrons. The predicted octanol–water partition coefficient (Wildman–Crippen LogP) is 6.73. The fraction of sp³-hybridized carbons (Fsp3) is 0.258. The minimum absolute atomic E-state index is 0.140. The summed E-state index contributed by atoms with van der Waals surface area (Å²) >= 11 is 0. The van der Waals surface area contributed by atoms with E-state index in [-0.39, 0.29) is 46.5 Å². The summed E-state index contributed by atoms with van der Waals surface area (Å²) in [7, 11) is 0. The molecule has 2 heterocycles. The number of rotatable bonds is 7. The van der Waals surface area contributed by atoms with Crippen molar-refractivity contribution >= 4 is 5.91 Å². The summed E-state index contributed by atoms with van der Waals surface area (Å²) in [6, 6.07) is 15.4.